The van der Waals surface area contributed by atoms with Gasteiger partial charge in [-0.3, -0.25) is 0 Å². The van der Waals surface area contributed by atoms with Crippen LogP contribution in [0, 0.1) is 5.92 Å². The summed E-state index contributed by atoms with van der Waals surface area (Å²) in [5, 5.41) is 0. The van der Waals surface area contributed by atoms with Crippen LogP contribution in [0.3, 0.4) is 0 Å². The average molecular weight is 182 g/mol. The van der Waals surface area contributed by atoms with Crippen molar-refractivity contribution >= 4 is 12.9 Å². The molecule has 1 aromatic carbocycles. The van der Waals surface area contributed by atoms with Crippen molar-refractivity contribution in [2.45, 2.75) is 20.3 Å². The van der Waals surface area contributed by atoms with Gasteiger partial charge in [-0.05, 0) is 30.0 Å². The van der Waals surface area contributed by atoms with Crippen LogP contribution in [-0.4, -0.2) is 0 Å². The van der Waals surface area contributed by atoms with E-state index in [9.17, 15) is 0 Å². The second-order valence-corrected chi connectivity index (χ2v) is 3.52. The van der Waals surface area contributed by atoms with Gasteiger partial charge < -0.3 is 4.18 Å². The molecule has 0 radical (unpaired) electrons. The van der Waals surface area contributed by atoms with Crippen molar-refractivity contribution < 1.29 is 4.18 Å². The van der Waals surface area contributed by atoms with Crippen molar-refractivity contribution in [1.29, 1.82) is 0 Å². The molecule has 2 heteroatoms. The van der Waals surface area contributed by atoms with Gasteiger partial charge in [-0.25, -0.2) is 0 Å². The van der Waals surface area contributed by atoms with Gasteiger partial charge in [0.05, 0.1) is 0 Å². The highest BCUT2D eigenvalue weighted by atomic mass is 32.1. The molecule has 0 bridgehead atoms. The molecule has 0 spiro atoms. The lowest BCUT2D eigenvalue weighted by Crippen LogP contribution is -1.93. The topological polar surface area (TPSA) is 9.23 Å². The second kappa shape index (κ2) is 4.41. The van der Waals surface area contributed by atoms with Crippen molar-refractivity contribution in [2.75, 3.05) is 0 Å². The molecule has 0 fully saturated rings. The summed E-state index contributed by atoms with van der Waals surface area (Å²) in [6.45, 7) is 4.42. The summed E-state index contributed by atoms with van der Waals surface area (Å²) in [5.41, 5.74) is 1.35. The van der Waals surface area contributed by atoms with Crippen molar-refractivity contribution in [3.8, 4) is 5.75 Å². The Bertz CT molecular complexity index is 228. The summed E-state index contributed by atoms with van der Waals surface area (Å²) in [7, 11) is 0. The Kier molecular flexibility index (Phi) is 3.48. The third-order valence-corrected chi connectivity index (χ3v) is 1.88. The monoisotopic (exact) mass is 182 g/mol. The second-order valence-electron chi connectivity index (χ2n) is 3.33. The third kappa shape index (κ3) is 2.78. The summed E-state index contributed by atoms with van der Waals surface area (Å²) in [6.07, 6.45) is 1.12. The van der Waals surface area contributed by atoms with Crippen LogP contribution >= 0.6 is 12.9 Å². The average Bonchev–Trinajstić information content (AvgIpc) is 2.05. The van der Waals surface area contributed by atoms with E-state index in [-0.39, 0.29) is 0 Å². The van der Waals surface area contributed by atoms with Gasteiger partial charge in [0.2, 0.25) is 0 Å². The molecule has 0 saturated heterocycles. The minimum atomic E-state index is 0.702. The highest BCUT2D eigenvalue weighted by Gasteiger charge is 1.97. The van der Waals surface area contributed by atoms with Crippen molar-refractivity contribution in [2.24, 2.45) is 5.92 Å². The molecule has 0 aliphatic carbocycles. The summed E-state index contributed by atoms with van der Waals surface area (Å²) in [6, 6.07) is 8.02. The summed E-state index contributed by atoms with van der Waals surface area (Å²) < 4.78 is 4.77. The fraction of sp³-hybridized carbons (Fsp3) is 0.400. The standard InChI is InChI=1S/C10H14OS/c1-8(2)7-9-3-5-10(11-12)6-4-9/h3-6,8,12H,7H2,1-2H3. The van der Waals surface area contributed by atoms with E-state index < -0.39 is 0 Å². The third-order valence-electron chi connectivity index (χ3n) is 1.67. The maximum absolute atomic E-state index is 4.77. The minimum Gasteiger partial charge on any atom is -0.429 e. The number of hydrogen-bond donors (Lipinski definition) is 1. The van der Waals surface area contributed by atoms with Crippen molar-refractivity contribution in [1.82, 2.24) is 0 Å². The zero-order valence-electron chi connectivity index (χ0n) is 7.45. The summed E-state index contributed by atoms with van der Waals surface area (Å²) in [4.78, 5) is 0. The van der Waals surface area contributed by atoms with Crippen molar-refractivity contribution in [3.05, 3.63) is 29.8 Å². The van der Waals surface area contributed by atoms with Crippen LogP contribution in [0.5, 0.6) is 5.75 Å². The van der Waals surface area contributed by atoms with E-state index >= 15 is 0 Å². The lowest BCUT2D eigenvalue weighted by atomic mass is 10.0. The first kappa shape index (κ1) is 9.46. The van der Waals surface area contributed by atoms with Crippen LogP contribution in [0.4, 0.5) is 0 Å². The van der Waals surface area contributed by atoms with Gasteiger partial charge in [-0.1, -0.05) is 26.0 Å². The first-order valence-corrected chi connectivity index (χ1v) is 4.49. The Morgan fingerprint density at radius 1 is 1.25 bits per heavy atom. The fourth-order valence-electron chi connectivity index (χ4n) is 1.16. The Morgan fingerprint density at radius 2 is 1.83 bits per heavy atom. The molecule has 1 aromatic rings. The molecule has 0 heterocycles. The van der Waals surface area contributed by atoms with Crippen LogP contribution < -0.4 is 4.18 Å². The molecule has 0 aliphatic heterocycles. The molecular formula is C10H14OS. The lowest BCUT2D eigenvalue weighted by molar-refractivity contribution is 0.640. The zero-order valence-corrected chi connectivity index (χ0v) is 8.34. The van der Waals surface area contributed by atoms with Gasteiger partial charge in [0.25, 0.3) is 0 Å². The quantitative estimate of drug-likeness (QED) is 0.558. The van der Waals surface area contributed by atoms with Crippen LogP contribution in [0.2, 0.25) is 0 Å². The van der Waals surface area contributed by atoms with E-state index in [1.165, 1.54) is 5.56 Å². The van der Waals surface area contributed by atoms with Crippen LogP contribution in [0.15, 0.2) is 24.3 Å². The Hall–Kier alpha value is -0.630. The molecular weight excluding hydrogens is 168 g/mol. The molecule has 0 atom stereocenters. The van der Waals surface area contributed by atoms with Crippen LogP contribution in [0.25, 0.3) is 0 Å². The van der Waals surface area contributed by atoms with E-state index in [4.69, 9.17) is 4.18 Å². The van der Waals surface area contributed by atoms with E-state index in [2.05, 4.69) is 38.9 Å². The number of rotatable bonds is 3. The van der Waals surface area contributed by atoms with Crippen molar-refractivity contribution in [3.63, 3.8) is 0 Å². The SMILES string of the molecule is CC(C)Cc1ccc(OS)cc1. The Morgan fingerprint density at radius 3 is 2.25 bits per heavy atom. The maximum atomic E-state index is 4.77. The van der Waals surface area contributed by atoms with E-state index in [0.717, 1.165) is 12.2 Å². The number of hydrogen-bond acceptors (Lipinski definition) is 2. The number of benzene rings is 1. The molecule has 0 saturated carbocycles. The van der Waals surface area contributed by atoms with Gasteiger partial charge in [0.15, 0.2) is 0 Å². The molecule has 0 unspecified atom stereocenters. The highest BCUT2D eigenvalue weighted by molar-refractivity contribution is 7.75. The summed E-state index contributed by atoms with van der Waals surface area (Å²) >= 11 is 3.71. The maximum Gasteiger partial charge on any atom is 0.137 e. The number of thiol groups is 1. The molecule has 0 amide bonds. The highest BCUT2D eigenvalue weighted by Crippen LogP contribution is 2.15. The van der Waals surface area contributed by atoms with Gasteiger partial charge in [0.1, 0.15) is 5.75 Å². The predicted octanol–water partition coefficient (Wildman–Crippen LogP) is 3.11. The Balaban J connectivity index is 2.65. The minimum absolute atomic E-state index is 0.702. The molecule has 0 aromatic heterocycles. The largest absolute Gasteiger partial charge is 0.429 e. The van der Waals surface area contributed by atoms with Gasteiger partial charge in [-0.15, -0.1) is 0 Å². The van der Waals surface area contributed by atoms with E-state index in [1.807, 2.05) is 12.1 Å². The van der Waals surface area contributed by atoms with Gasteiger partial charge in [-0.2, -0.15) is 0 Å². The van der Waals surface area contributed by atoms with Crippen LogP contribution in [0.1, 0.15) is 19.4 Å². The molecule has 66 valence electrons. The predicted molar refractivity (Wildman–Crippen MR) is 54.6 cm³/mol. The van der Waals surface area contributed by atoms with Gasteiger partial charge >= 0.3 is 0 Å². The molecule has 1 nitrogen and oxygen atoms in total. The molecule has 12 heavy (non-hydrogen) atoms. The molecule has 0 aliphatic rings. The first-order chi connectivity index (χ1) is 5.72. The zero-order chi connectivity index (χ0) is 8.97. The normalized spacial score (nSPS) is 10.3. The van der Waals surface area contributed by atoms with Gasteiger partial charge in [0, 0.05) is 12.9 Å². The lowest BCUT2D eigenvalue weighted by Gasteiger charge is -2.04. The smallest absolute Gasteiger partial charge is 0.137 e. The van der Waals surface area contributed by atoms with Crippen LogP contribution in [-0.2, 0) is 6.42 Å². The van der Waals surface area contributed by atoms with E-state index in [0.29, 0.717) is 5.92 Å². The Labute approximate surface area is 79.4 Å². The molecule has 0 N–H and O–H groups in total. The van der Waals surface area contributed by atoms with E-state index in [1.54, 1.807) is 0 Å². The first-order valence-electron chi connectivity index (χ1n) is 4.12. The molecule has 1 rings (SSSR count). The summed E-state index contributed by atoms with van der Waals surface area (Å²) in [5.74, 6) is 1.50. The fourth-order valence-corrected chi connectivity index (χ4v) is 1.28.